The Morgan fingerprint density at radius 1 is 1.21 bits per heavy atom. The minimum Gasteiger partial charge on any atom is -0.496 e. The molecule has 2 N–H and O–H groups in total. The fourth-order valence-corrected chi connectivity index (χ4v) is 3.11. The lowest BCUT2D eigenvalue weighted by Gasteiger charge is -2.12. The highest BCUT2D eigenvalue weighted by molar-refractivity contribution is 8.10. The third kappa shape index (κ3) is 8.17. The van der Waals surface area contributed by atoms with Crippen LogP contribution < -0.4 is 10.5 Å². The Kier molecular flexibility index (Phi) is 9.80. The van der Waals surface area contributed by atoms with E-state index in [-0.39, 0.29) is 0 Å². The molecule has 2 aromatic rings. The van der Waals surface area contributed by atoms with Gasteiger partial charge in [-0.3, -0.25) is 0 Å². The molecular formula is C23H29F2NOS. The predicted molar refractivity (Wildman–Crippen MR) is 119 cm³/mol. The highest BCUT2D eigenvalue weighted by Crippen LogP contribution is 2.30. The number of nitrogens with two attached hydrogens (primary N) is 1. The summed E-state index contributed by atoms with van der Waals surface area (Å²) in [6.45, 7) is 11.2. The van der Waals surface area contributed by atoms with Gasteiger partial charge in [-0.1, -0.05) is 59.8 Å². The number of thioether (sulfide) groups is 1. The molecule has 0 aliphatic heterocycles. The van der Waals surface area contributed by atoms with Gasteiger partial charge < -0.3 is 10.5 Å². The molecule has 0 amide bonds. The number of halogens is 2. The predicted octanol–water partition coefficient (Wildman–Crippen LogP) is 7.02. The van der Waals surface area contributed by atoms with Crippen LogP contribution in [0, 0.1) is 13.8 Å². The molecule has 0 aliphatic carbocycles. The molecule has 28 heavy (non-hydrogen) atoms. The summed E-state index contributed by atoms with van der Waals surface area (Å²) in [5.41, 5.74) is 12.6. The van der Waals surface area contributed by atoms with E-state index < -0.39 is 6.43 Å². The number of aryl methyl sites for hydroxylation is 2. The topological polar surface area (TPSA) is 35.2 Å². The van der Waals surface area contributed by atoms with Crippen LogP contribution in [0.4, 0.5) is 14.5 Å². The first-order valence-electron chi connectivity index (χ1n) is 8.93. The summed E-state index contributed by atoms with van der Waals surface area (Å²) in [5, 5.41) is 2.16. The van der Waals surface area contributed by atoms with Crippen LogP contribution in [0.5, 0.6) is 5.75 Å². The molecule has 0 atom stereocenters. The van der Waals surface area contributed by atoms with Crippen molar-refractivity contribution in [3.63, 3.8) is 0 Å². The van der Waals surface area contributed by atoms with Crippen LogP contribution in [-0.4, -0.2) is 13.5 Å². The number of hydrogen-bond acceptors (Lipinski definition) is 3. The summed E-state index contributed by atoms with van der Waals surface area (Å²) in [5.74, 6) is 0.841. The second-order valence-corrected chi connectivity index (χ2v) is 7.55. The van der Waals surface area contributed by atoms with Crippen LogP contribution >= 0.6 is 11.8 Å². The summed E-state index contributed by atoms with van der Waals surface area (Å²) >= 11 is 1.66. The van der Waals surface area contributed by atoms with Crippen molar-refractivity contribution in [2.24, 2.45) is 0 Å². The number of hydrogen-bond donors (Lipinski definition) is 1. The second kappa shape index (κ2) is 11.5. The lowest BCUT2D eigenvalue weighted by atomic mass is 10.0. The molecule has 152 valence electrons. The van der Waals surface area contributed by atoms with Crippen molar-refractivity contribution >= 4 is 22.4 Å². The Bertz CT molecular complexity index is 811. The number of alkyl halides is 2. The third-order valence-corrected chi connectivity index (χ3v) is 4.95. The van der Waals surface area contributed by atoms with Gasteiger partial charge in [-0.25, -0.2) is 8.78 Å². The highest BCUT2D eigenvalue weighted by Gasteiger charge is 2.07. The summed E-state index contributed by atoms with van der Waals surface area (Å²) in [6, 6.07) is 12.4. The number of anilines is 1. The lowest BCUT2D eigenvalue weighted by Crippen LogP contribution is -1.98. The molecule has 0 spiro atoms. The Hall–Kier alpha value is -2.27. The molecule has 0 bridgehead atoms. The molecule has 0 fully saturated rings. The zero-order chi connectivity index (χ0) is 21.3. The van der Waals surface area contributed by atoms with Gasteiger partial charge in [0.25, 0.3) is 0 Å². The quantitative estimate of drug-likeness (QED) is 0.525. The maximum Gasteiger partial charge on any atom is 0.235 e. The standard InChI is InChI=1S/C21H25NOS.C2H4F2/c1-14-6-8-18(9-7-14)17(4)24-13-15(2)10-19-11-16(3)20(22)12-21(19)23-5;1-2(3)4/h6-9,11-13H,4,10,22H2,1-3,5H3;2H,1H3/b15-13+;. The largest absolute Gasteiger partial charge is 0.496 e. The maximum atomic E-state index is 10.3. The summed E-state index contributed by atoms with van der Waals surface area (Å²) in [6.07, 6.45) is -1.33. The molecule has 0 saturated carbocycles. The third-order valence-electron chi connectivity index (χ3n) is 3.91. The molecule has 0 saturated heterocycles. The molecule has 0 aromatic heterocycles. The van der Waals surface area contributed by atoms with Crippen LogP contribution in [0.25, 0.3) is 4.91 Å². The monoisotopic (exact) mass is 405 g/mol. The number of ether oxygens (including phenoxy) is 1. The minimum atomic E-state index is -2.17. The van der Waals surface area contributed by atoms with Crippen LogP contribution in [0.1, 0.15) is 36.1 Å². The zero-order valence-electron chi connectivity index (χ0n) is 17.2. The molecule has 5 heteroatoms. The van der Waals surface area contributed by atoms with Crippen LogP contribution in [0.15, 0.2) is 54.0 Å². The number of allylic oxidation sites excluding steroid dienone is 1. The van der Waals surface area contributed by atoms with Gasteiger partial charge in [0.1, 0.15) is 5.75 Å². The van der Waals surface area contributed by atoms with Crippen LogP contribution in [0.2, 0.25) is 0 Å². The minimum absolute atomic E-state index is 0.763. The molecule has 0 heterocycles. The van der Waals surface area contributed by atoms with Crippen molar-refractivity contribution in [3.05, 3.63) is 76.2 Å². The molecule has 0 radical (unpaired) electrons. The number of nitrogen functional groups attached to an aromatic ring is 1. The van der Waals surface area contributed by atoms with E-state index in [1.165, 1.54) is 11.1 Å². The second-order valence-electron chi connectivity index (χ2n) is 6.59. The Balaban J connectivity index is 0.000000892. The SMILES string of the molecule is C=C(S/C=C(\C)Cc1cc(C)c(N)cc1OC)c1ccc(C)cc1.CC(F)F. The van der Waals surface area contributed by atoms with Gasteiger partial charge in [-0.05, 0) is 56.2 Å². The van der Waals surface area contributed by atoms with E-state index in [1.807, 2.05) is 13.0 Å². The van der Waals surface area contributed by atoms with E-state index in [9.17, 15) is 8.78 Å². The van der Waals surface area contributed by atoms with Crippen molar-refractivity contribution in [2.45, 2.75) is 40.5 Å². The lowest BCUT2D eigenvalue weighted by molar-refractivity contribution is 0.171. The average Bonchev–Trinajstić information content (AvgIpc) is 2.62. The first-order valence-corrected chi connectivity index (χ1v) is 9.81. The van der Waals surface area contributed by atoms with Crippen molar-refractivity contribution in [1.29, 1.82) is 0 Å². The zero-order valence-corrected chi connectivity index (χ0v) is 18.0. The Morgan fingerprint density at radius 2 is 1.79 bits per heavy atom. The van der Waals surface area contributed by atoms with Crippen molar-refractivity contribution in [2.75, 3.05) is 12.8 Å². The Morgan fingerprint density at radius 3 is 2.32 bits per heavy atom. The number of benzene rings is 2. The van der Waals surface area contributed by atoms with Gasteiger partial charge in [0.15, 0.2) is 0 Å². The normalized spacial score (nSPS) is 11.1. The van der Waals surface area contributed by atoms with Gasteiger partial charge in [0.05, 0.1) is 7.11 Å². The van der Waals surface area contributed by atoms with Gasteiger partial charge in [-0.2, -0.15) is 0 Å². The van der Waals surface area contributed by atoms with Crippen LogP contribution in [0.3, 0.4) is 0 Å². The summed E-state index contributed by atoms with van der Waals surface area (Å²) in [4.78, 5) is 1.05. The van der Waals surface area contributed by atoms with E-state index in [0.717, 1.165) is 46.4 Å². The fourth-order valence-electron chi connectivity index (χ4n) is 2.41. The summed E-state index contributed by atoms with van der Waals surface area (Å²) < 4.78 is 26.1. The van der Waals surface area contributed by atoms with Gasteiger partial charge in [0.2, 0.25) is 6.43 Å². The van der Waals surface area contributed by atoms with Gasteiger partial charge >= 0.3 is 0 Å². The molecule has 2 nitrogen and oxygen atoms in total. The fraction of sp³-hybridized carbons (Fsp3) is 0.304. The first-order chi connectivity index (χ1) is 13.1. The molecule has 0 aliphatic rings. The van der Waals surface area contributed by atoms with E-state index in [4.69, 9.17) is 10.5 Å². The molecule has 2 aromatic carbocycles. The molecular weight excluding hydrogens is 376 g/mol. The van der Waals surface area contributed by atoms with E-state index in [0.29, 0.717) is 0 Å². The van der Waals surface area contributed by atoms with E-state index in [2.05, 4.69) is 56.2 Å². The van der Waals surface area contributed by atoms with Crippen molar-refractivity contribution in [3.8, 4) is 5.75 Å². The first kappa shape index (κ1) is 23.8. The smallest absolute Gasteiger partial charge is 0.235 e. The number of methoxy groups -OCH3 is 1. The highest BCUT2D eigenvalue weighted by atomic mass is 32.2. The van der Waals surface area contributed by atoms with Crippen LogP contribution in [-0.2, 0) is 6.42 Å². The molecule has 2 rings (SSSR count). The van der Waals surface area contributed by atoms with Gasteiger partial charge in [-0.15, -0.1) is 0 Å². The van der Waals surface area contributed by atoms with Gasteiger partial charge in [0, 0.05) is 16.7 Å². The number of rotatable bonds is 6. The van der Waals surface area contributed by atoms with E-state index >= 15 is 0 Å². The van der Waals surface area contributed by atoms with Crippen molar-refractivity contribution in [1.82, 2.24) is 0 Å². The van der Waals surface area contributed by atoms with E-state index in [1.54, 1.807) is 18.9 Å². The molecule has 0 unspecified atom stereocenters. The van der Waals surface area contributed by atoms with Crippen molar-refractivity contribution < 1.29 is 13.5 Å². The maximum absolute atomic E-state index is 10.3. The average molecular weight is 406 g/mol. The summed E-state index contributed by atoms with van der Waals surface area (Å²) in [7, 11) is 1.68. The Labute approximate surface area is 171 Å².